The normalized spacial score (nSPS) is 14.0. The number of amides is 2. The van der Waals surface area contributed by atoms with Crippen molar-refractivity contribution >= 4 is 12.0 Å². The second-order valence-corrected chi connectivity index (χ2v) is 5.41. The minimum Gasteiger partial charge on any atom is -0.481 e. The van der Waals surface area contributed by atoms with Crippen LogP contribution in [-0.2, 0) is 4.79 Å². The van der Waals surface area contributed by atoms with Gasteiger partial charge in [-0.1, -0.05) is 20.8 Å². The summed E-state index contributed by atoms with van der Waals surface area (Å²) in [7, 11) is 0. The summed E-state index contributed by atoms with van der Waals surface area (Å²) < 4.78 is 49.0. The summed E-state index contributed by atoms with van der Waals surface area (Å²) in [4.78, 5) is 22.0. The monoisotopic (exact) mass is 302 g/mol. The Kier molecular flexibility index (Phi) is 6.24. The maximum Gasteiger partial charge on any atom is 0.324 e. The minimum atomic E-state index is -4.33. The highest BCUT2D eigenvalue weighted by Gasteiger charge is 2.41. The van der Waals surface area contributed by atoms with Crippen LogP contribution >= 0.6 is 0 Å². The SMILES string of the molecule is CC(C)(C)C(CC(=O)O)NC(=O)NCC(F)(F)C(F)F. The Bertz CT molecular complexity index is 356. The highest BCUT2D eigenvalue weighted by atomic mass is 19.3. The van der Waals surface area contributed by atoms with Gasteiger partial charge in [0.2, 0.25) is 0 Å². The number of carboxylic acids is 1. The molecule has 0 aromatic rings. The number of aliphatic carboxylic acids is 1. The molecule has 20 heavy (non-hydrogen) atoms. The summed E-state index contributed by atoms with van der Waals surface area (Å²) in [5.41, 5.74) is -0.638. The minimum absolute atomic E-state index is 0.415. The topological polar surface area (TPSA) is 78.4 Å². The molecule has 0 saturated heterocycles. The second-order valence-electron chi connectivity index (χ2n) is 5.41. The fourth-order valence-electron chi connectivity index (χ4n) is 1.23. The maximum absolute atomic E-state index is 12.6. The molecule has 0 aliphatic heterocycles. The van der Waals surface area contributed by atoms with Gasteiger partial charge < -0.3 is 15.7 Å². The fourth-order valence-corrected chi connectivity index (χ4v) is 1.23. The molecule has 1 unspecified atom stereocenters. The van der Waals surface area contributed by atoms with Gasteiger partial charge in [-0.05, 0) is 5.41 Å². The summed E-state index contributed by atoms with van der Waals surface area (Å²) in [5.74, 6) is -5.51. The molecule has 0 aliphatic rings. The van der Waals surface area contributed by atoms with E-state index in [1.54, 1.807) is 26.1 Å². The van der Waals surface area contributed by atoms with Crippen LogP contribution in [0.25, 0.3) is 0 Å². The molecule has 0 heterocycles. The molecular weight excluding hydrogens is 284 g/mol. The number of hydrogen-bond acceptors (Lipinski definition) is 2. The maximum atomic E-state index is 12.6. The van der Waals surface area contributed by atoms with Crippen molar-refractivity contribution in [2.45, 2.75) is 45.6 Å². The van der Waals surface area contributed by atoms with Gasteiger partial charge in [-0.2, -0.15) is 8.78 Å². The zero-order valence-corrected chi connectivity index (χ0v) is 11.3. The van der Waals surface area contributed by atoms with Gasteiger partial charge in [0.15, 0.2) is 0 Å². The van der Waals surface area contributed by atoms with Crippen molar-refractivity contribution in [1.29, 1.82) is 0 Å². The molecule has 0 aromatic heterocycles. The van der Waals surface area contributed by atoms with Crippen LogP contribution in [0.4, 0.5) is 22.4 Å². The number of halogens is 4. The first kappa shape index (κ1) is 18.5. The van der Waals surface area contributed by atoms with Crippen molar-refractivity contribution in [3.63, 3.8) is 0 Å². The van der Waals surface area contributed by atoms with E-state index in [-0.39, 0.29) is 0 Å². The Morgan fingerprint density at radius 2 is 1.70 bits per heavy atom. The lowest BCUT2D eigenvalue weighted by atomic mass is 9.85. The molecule has 0 saturated carbocycles. The second kappa shape index (κ2) is 6.76. The predicted octanol–water partition coefficient (Wildman–Crippen LogP) is 2.08. The first-order chi connectivity index (χ1) is 8.86. The van der Waals surface area contributed by atoms with Crippen LogP contribution in [0.5, 0.6) is 0 Å². The van der Waals surface area contributed by atoms with Gasteiger partial charge in [0.05, 0.1) is 13.0 Å². The van der Waals surface area contributed by atoms with Crippen molar-refractivity contribution in [2.75, 3.05) is 6.54 Å². The lowest BCUT2D eigenvalue weighted by Crippen LogP contribution is -2.51. The van der Waals surface area contributed by atoms with E-state index >= 15 is 0 Å². The summed E-state index contributed by atoms with van der Waals surface area (Å²) in [6.07, 6.45) is -4.30. The van der Waals surface area contributed by atoms with Crippen molar-refractivity contribution < 1.29 is 32.3 Å². The Labute approximate surface area is 113 Å². The van der Waals surface area contributed by atoms with Crippen LogP contribution in [0.2, 0.25) is 0 Å². The van der Waals surface area contributed by atoms with Gasteiger partial charge in [-0.15, -0.1) is 0 Å². The Balaban J connectivity index is 4.52. The molecule has 0 bridgehead atoms. The molecule has 5 nitrogen and oxygen atoms in total. The van der Waals surface area contributed by atoms with Crippen molar-refractivity contribution in [3.8, 4) is 0 Å². The van der Waals surface area contributed by atoms with E-state index < -0.39 is 48.8 Å². The standard InChI is InChI=1S/C11H18F4N2O3/c1-10(2,3)6(4-7(18)19)17-9(20)16-5-11(14,15)8(12)13/h6,8H,4-5H2,1-3H3,(H,18,19)(H2,16,17,20). The molecule has 3 N–H and O–H groups in total. The number of urea groups is 1. The number of rotatable bonds is 6. The van der Waals surface area contributed by atoms with Crippen LogP contribution in [-0.4, -0.2) is 42.0 Å². The molecule has 118 valence electrons. The third-order valence-corrected chi connectivity index (χ3v) is 2.53. The highest BCUT2D eigenvalue weighted by molar-refractivity contribution is 5.76. The Morgan fingerprint density at radius 1 is 1.20 bits per heavy atom. The number of nitrogens with one attached hydrogen (secondary N) is 2. The third-order valence-electron chi connectivity index (χ3n) is 2.53. The smallest absolute Gasteiger partial charge is 0.324 e. The first-order valence-corrected chi connectivity index (χ1v) is 5.78. The van der Waals surface area contributed by atoms with Gasteiger partial charge in [-0.3, -0.25) is 4.79 Å². The van der Waals surface area contributed by atoms with E-state index in [1.165, 1.54) is 0 Å². The van der Waals surface area contributed by atoms with Gasteiger partial charge in [0.1, 0.15) is 0 Å². The summed E-state index contributed by atoms with van der Waals surface area (Å²) in [6, 6.07) is -1.95. The number of carboxylic acid groups (broad SMARTS) is 1. The van der Waals surface area contributed by atoms with E-state index in [1.807, 2.05) is 0 Å². The largest absolute Gasteiger partial charge is 0.481 e. The molecule has 0 rings (SSSR count). The lowest BCUT2D eigenvalue weighted by Gasteiger charge is -2.30. The van der Waals surface area contributed by atoms with Gasteiger partial charge in [0, 0.05) is 6.04 Å². The average molecular weight is 302 g/mol. The number of carbonyl (C=O) groups excluding carboxylic acids is 1. The fraction of sp³-hybridized carbons (Fsp3) is 0.818. The number of alkyl halides is 4. The van der Waals surface area contributed by atoms with Gasteiger partial charge in [-0.25, -0.2) is 13.6 Å². The zero-order chi connectivity index (χ0) is 16.1. The summed E-state index contributed by atoms with van der Waals surface area (Å²) in [6.45, 7) is 3.42. The first-order valence-electron chi connectivity index (χ1n) is 5.78. The summed E-state index contributed by atoms with van der Waals surface area (Å²) >= 11 is 0. The van der Waals surface area contributed by atoms with Crippen LogP contribution in [0.3, 0.4) is 0 Å². The molecule has 0 spiro atoms. The molecule has 1 atom stereocenters. The van der Waals surface area contributed by atoms with E-state index in [0.717, 1.165) is 0 Å². The van der Waals surface area contributed by atoms with Crippen molar-refractivity contribution in [2.24, 2.45) is 5.41 Å². The predicted molar refractivity (Wildman–Crippen MR) is 63.0 cm³/mol. The molecule has 0 radical (unpaired) electrons. The van der Waals surface area contributed by atoms with Crippen LogP contribution < -0.4 is 10.6 Å². The van der Waals surface area contributed by atoms with Gasteiger partial charge in [0.25, 0.3) is 0 Å². The van der Waals surface area contributed by atoms with Crippen molar-refractivity contribution in [3.05, 3.63) is 0 Å². The molecular formula is C11H18F4N2O3. The number of carbonyl (C=O) groups is 2. The van der Waals surface area contributed by atoms with E-state index in [4.69, 9.17) is 5.11 Å². The third kappa shape index (κ3) is 6.58. The van der Waals surface area contributed by atoms with Crippen LogP contribution in [0.1, 0.15) is 27.2 Å². The molecule has 9 heteroatoms. The quantitative estimate of drug-likeness (QED) is 0.657. The van der Waals surface area contributed by atoms with Crippen molar-refractivity contribution in [1.82, 2.24) is 10.6 Å². The van der Waals surface area contributed by atoms with Gasteiger partial charge >= 0.3 is 24.3 Å². The Morgan fingerprint density at radius 3 is 2.05 bits per heavy atom. The van der Waals surface area contributed by atoms with E-state index in [2.05, 4.69) is 5.32 Å². The molecule has 0 aliphatic carbocycles. The number of hydrogen-bond donors (Lipinski definition) is 3. The molecule has 0 fully saturated rings. The van der Waals surface area contributed by atoms with E-state index in [9.17, 15) is 27.2 Å². The highest BCUT2D eigenvalue weighted by Crippen LogP contribution is 2.23. The van der Waals surface area contributed by atoms with Crippen LogP contribution in [0.15, 0.2) is 0 Å². The lowest BCUT2D eigenvalue weighted by molar-refractivity contribution is -0.138. The molecule has 0 aromatic carbocycles. The average Bonchev–Trinajstić information content (AvgIpc) is 2.23. The molecule has 2 amide bonds. The van der Waals surface area contributed by atoms with Crippen LogP contribution in [0, 0.1) is 5.41 Å². The van der Waals surface area contributed by atoms with E-state index in [0.29, 0.717) is 0 Å². The summed E-state index contributed by atoms with van der Waals surface area (Å²) in [5, 5.41) is 12.5. The Hall–Kier alpha value is -1.54. The zero-order valence-electron chi connectivity index (χ0n) is 11.3.